The number of hydrogen-bond acceptors (Lipinski definition) is 3. The van der Waals surface area contributed by atoms with Crippen molar-refractivity contribution in [1.29, 1.82) is 0 Å². The van der Waals surface area contributed by atoms with Gasteiger partial charge in [-0.15, -0.1) is 0 Å². The molecule has 3 rings (SSSR count). The third-order valence-electron chi connectivity index (χ3n) is 6.29. The van der Waals surface area contributed by atoms with E-state index in [0.29, 0.717) is 24.2 Å². The molecule has 2 saturated heterocycles. The van der Waals surface area contributed by atoms with E-state index >= 15 is 0 Å². The largest absolute Gasteiger partial charge is 0.335 e. The van der Waals surface area contributed by atoms with Crippen molar-refractivity contribution in [3.8, 4) is 0 Å². The Morgan fingerprint density at radius 2 is 1.87 bits per heavy atom. The molecule has 0 aromatic carbocycles. The Hall–Kier alpha value is -0.420. The zero-order valence-electron chi connectivity index (χ0n) is 15.0. The van der Waals surface area contributed by atoms with Crippen LogP contribution in [-0.2, 0) is 0 Å². The first kappa shape index (κ1) is 17.4. The monoisotopic (exact) mass is 339 g/mol. The van der Waals surface area contributed by atoms with Crippen LogP contribution in [0, 0.1) is 0 Å². The predicted octanol–water partition coefficient (Wildman–Crippen LogP) is 3.32. The van der Waals surface area contributed by atoms with Crippen LogP contribution in [0.5, 0.6) is 0 Å². The summed E-state index contributed by atoms with van der Waals surface area (Å²) in [5, 5.41) is 4.10. The second-order valence-electron chi connectivity index (χ2n) is 7.68. The van der Waals surface area contributed by atoms with Crippen molar-refractivity contribution in [2.45, 2.75) is 87.7 Å². The van der Waals surface area contributed by atoms with Gasteiger partial charge in [-0.2, -0.15) is 11.8 Å². The molecule has 1 unspecified atom stereocenters. The Morgan fingerprint density at radius 1 is 1.17 bits per heavy atom. The Morgan fingerprint density at radius 3 is 2.52 bits per heavy atom. The minimum Gasteiger partial charge on any atom is -0.335 e. The lowest BCUT2D eigenvalue weighted by Crippen LogP contribution is -2.57. The van der Waals surface area contributed by atoms with Crippen LogP contribution in [0.25, 0.3) is 0 Å². The van der Waals surface area contributed by atoms with E-state index in [0.717, 1.165) is 18.1 Å². The molecule has 2 aliphatic heterocycles. The van der Waals surface area contributed by atoms with Gasteiger partial charge in [0.25, 0.3) is 0 Å². The first-order chi connectivity index (χ1) is 11.1. The summed E-state index contributed by atoms with van der Waals surface area (Å²) in [5.74, 6) is 1.19. The highest BCUT2D eigenvalue weighted by molar-refractivity contribution is 7.99. The molecule has 3 fully saturated rings. The number of thioether (sulfide) groups is 1. The number of fused-ring (bicyclic) bond motifs is 2. The van der Waals surface area contributed by atoms with Crippen LogP contribution in [0.4, 0.5) is 4.79 Å². The molecule has 1 aliphatic carbocycles. The van der Waals surface area contributed by atoms with E-state index in [1.54, 1.807) is 0 Å². The molecular formula is C18H33N3OS. The molecule has 0 aromatic rings. The Kier molecular flexibility index (Phi) is 5.78. The second kappa shape index (κ2) is 7.64. The van der Waals surface area contributed by atoms with Gasteiger partial charge in [0.05, 0.1) is 0 Å². The third-order valence-corrected chi connectivity index (χ3v) is 7.53. The minimum absolute atomic E-state index is 0.157. The summed E-state index contributed by atoms with van der Waals surface area (Å²) in [6.45, 7) is 2.23. The standard InChI is InChI=1S/C18H33N3OS/c1-4-23-17-9-8-16(12-17)21(3)18(22)19-13-10-14-6-5-7-15(11-13)20(14)2/h13-17H,4-12H2,1-3H3,(H,19,22)/t13?,14-,15+,16-,17-/m1/s1. The van der Waals surface area contributed by atoms with Crippen LogP contribution in [0.3, 0.4) is 0 Å². The van der Waals surface area contributed by atoms with Gasteiger partial charge in [0, 0.05) is 36.5 Å². The van der Waals surface area contributed by atoms with Gasteiger partial charge in [-0.05, 0) is 57.7 Å². The van der Waals surface area contributed by atoms with E-state index in [9.17, 15) is 4.79 Å². The van der Waals surface area contributed by atoms with Crippen molar-refractivity contribution in [2.24, 2.45) is 0 Å². The Balaban J connectivity index is 1.49. The molecular weight excluding hydrogens is 306 g/mol. The van der Waals surface area contributed by atoms with Crippen LogP contribution in [0.15, 0.2) is 0 Å². The van der Waals surface area contributed by atoms with E-state index in [4.69, 9.17) is 0 Å². The number of carbonyl (C=O) groups is 1. The molecule has 0 spiro atoms. The van der Waals surface area contributed by atoms with Crippen LogP contribution in [0.1, 0.15) is 58.3 Å². The van der Waals surface area contributed by atoms with E-state index in [-0.39, 0.29) is 6.03 Å². The molecule has 2 heterocycles. The van der Waals surface area contributed by atoms with Crippen molar-refractivity contribution in [3.05, 3.63) is 0 Å². The van der Waals surface area contributed by atoms with Gasteiger partial charge >= 0.3 is 6.03 Å². The van der Waals surface area contributed by atoms with Crippen LogP contribution < -0.4 is 5.32 Å². The van der Waals surface area contributed by atoms with Crippen molar-refractivity contribution in [2.75, 3.05) is 19.8 Å². The normalized spacial score (nSPS) is 37.6. The maximum atomic E-state index is 12.7. The van der Waals surface area contributed by atoms with Gasteiger partial charge < -0.3 is 15.1 Å². The van der Waals surface area contributed by atoms with E-state index in [1.165, 1.54) is 44.3 Å². The molecule has 1 N–H and O–H groups in total. The molecule has 1 saturated carbocycles. The van der Waals surface area contributed by atoms with E-state index in [2.05, 4.69) is 35.9 Å². The molecule has 2 bridgehead atoms. The summed E-state index contributed by atoms with van der Waals surface area (Å²) in [5.41, 5.74) is 0. The molecule has 5 atom stereocenters. The molecule has 4 nitrogen and oxygen atoms in total. The molecule has 0 aromatic heterocycles. The fraction of sp³-hybridized carbons (Fsp3) is 0.944. The minimum atomic E-state index is 0.157. The van der Waals surface area contributed by atoms with Gasteiger partial charge in [-0.25, -0.2) is 4.79 Å². The summed E-state index contributed by atoms with van der Waals surface area (Å²) in [6, 6.07) is 2.32. The first-order valence-electron chi connectivity index (χ1n) is 9.45. The summed E-state index contributed by atoms with van der Waals surface area (Å²) >= 11 is 2.05. The molecule has 132 valence electrons. The lowest BCUT2D eigenvalue weighted by Gasteiger charge is -2.47. The van der Waals surface area contributed by atoms with Gasteiger partial charge in [0.15, 0.2) is 0 Å². The van der Waals surface area contributed by atoms with Gasteiger partial charge in [0.1, 0.15) is 0 Å². The number of nitrogens with one attached hydrogen (secondary N) is 1. The van der Waals surface area contributed by atoms with Crippen molar-refractivity contribution >= 4 is 17.8 Å². The molecule has 0 radical (unpaired) electrons. The second-order valence-corrected chi connectivity index (χ2v) is 9.25. The fourth-order valence-electron chi connectivity index (χ4n) is 4.83. The average Bonchev–Trinajstić information content (AvgIpc) is 2.96. The maximum Gasteiger partial charge on any atom is 0.317 e. The van der Waals surface area contributed by atoms with E-state index < -0.39 is 0 Å². The number of nitrogens with zero attached hydrogens (tertiary/aromatic N) is 2. The molecule has 2 amide bonds. The highest BCUT2D eigenvalue weighted by atomic mass is 32.2. The zero-order valence-corrected chi connectivity index (χ0v) is 15.8. The van der Waals surface area contributed by atoms with Crippen molar-refractivity contribution < 1.29 is 4.79 Å². The predicted molar refractivity (Wildman–Crippen MR) is 98.1 cm³/mol. The van der Waals surface area contributed by atoms with E-state index in [1.807, 2.05) is 11.9 Å². The number of urea groups is 1. The van der Waals surface area contributed by atoms with Crippen LogP contribution >= 0.6 is 11.8 Å². The highest BCUT2D eigenvalue weighted by Crippen LogP contribution is 2.34. The van der Waals surface area contributed by atoms with Gasteiger partial charge in [0.2, 0.25) is 0 Å². The summed E-state index contributed by atoms with van der Waals surface area (Å²) in [7, 11) is 4.26. The topological polar surface area (TPSA) is 35.6 Å². The van der Waals surface area contributed by atoms with Gasteiger partial charge in [-0.1, -0.05) is 13.3 Å². The molecule has 3 aliphatic rings. The quantitative estimate of drug-likeness (QED) is 0.853. The summed E-state index contributed by atoms with van der Waals surface area (Å²) in [4.78, 5) is 17.2. The number of carbonyl (C=O) groups excluding carboxylic acids is 1. The fourth-order valence-corrected chi connectivity index (χ4v) is 5.96. The number of hydrogen-bond donors (Lipinski definition) is 1. The first-order valence-corrected chi connectivity index (χ1v) is 10.5. The lowest BCUT2D eigenvalue weighted by molar-refractivity contribution is 0.0492. The Labute approximate surface area is 145 Å². The van der Waals surface area contributed by atoms with Gasteiger partial charge in [-0.3, -0.25) is 0 Å². The zero-order chi connectivity index (χ0) is 16.4. The molecule has 5 heteroatoms. The third kappa shape index (κ3) is 3.98. The highest BCUT2D eigenvalue weighted by Gasteiger charge is 2.37. The Bertz CT molecular complexity index is 405. The SMILES string of the molecule is CCS[C@@H]1CC[C@@H](N(C)C(=O)NC2C[C@H]3CCC[C@@H](C2)N3C)C1. The van der Waals surface area contributed by atoms with Crippen molar-refractivity contribution in [1.82, 2.24) is 15.1 Å². The number of amides is 2. The van der Waals surface area contributed by atoms with Crippen molar-refractivity contribution in [3.63, 3.8) is 0 Å². The summed E-state index contributed by atoms with van der Waals surface area (Å²) in [6.07, 6.45) is 9.82. The van der Waals surface area contributed by atoms with Crippen LogP contribution in [-0.4, -0.2) is 65.1 Å². The molecule has 23 heavy (non-hydrogen) atoms. The number of rotatable bonds is 4. The smallest absolute Gasteiger partial charge is 0.317 e. The average molecular weight is 340 g/mol. The summed E-state index contributed by atoms with van der Waals surface area (Å²) < 4.78 is 0. The maximum absolute atomic E-state index is 12.7. The lowest BCUT2D eigenvalue weighted by atomic mass is 9.82. The number of piperidine rings is 2. The van der Waals surface area contributed by atoms with Crippen LogP contribution in [0.2, 0.25) is 0 Å².